The van der Waals surface area contributed by atoms with Gasteiger partial charge in [-0.3, -0.25) is 4.68 Å². The van der Waals surface area contributed by atoms with E-state index in [-0.39, 0.29) is 0 Å². The lowest BCUT2D eigenvalue weighted by Gasteiger charge is -2.13. The monoisotopic (exact) mass is 209 g/mol. The van der Waals surface area contributed by atoms with Crippen LogP contribution in [0, 0.1) is 0 Å². The summed E-state index contributed by atoms with van der Waals surface area (Å²) in [5.74, 6) is 0. The Morgan fingerprint density at radius 2 is 2.07 bits per heavy atom. The van der Waals surface area contributed by atoms with Gasteiger partial charge in [-0.1, -0.05) is 6.92 Å². The summed E-state index contributed by atoms with van der Waals surface area (Å²) in [6.07, 6.45) is 4.14. The first kappa shape index (κ1) is 12.2. The number of aromatic nitrogens is 2. The van der Waals surface area contributed by atoms with Crippen molar-refractivity contribution in [1.29, 1.82) is 0 Å². The Morgan fingerprint density at radius 1 is 1.40 bits per heavy atom. The van der Waals surface area contributed by atoms with E-state index < -0.39 is 0 Å². The molecule has 0 aromatic carbocycles. The Kier molecular flexibility index (Phi) is 4.33. The average molecular weight is 209 g/mol. The molecule has 0 aliphatic carbocycles. The number of hydrogen-bond donors (Lipinski definition) is 1. The van der Waals surface area contributed by atoms with Gasteiger partial charge in [0.15, 0.2) is 0 Å². The van der Waals surface area contributed by atoms with Crippen LogP contribution in [0.2, 0.25) is 0 Å². The predicted molar refractivity (Wildman–Crippen MR) is 64.2 cm³/mol. The normalized spacial score (nSPS) is 13.5. The topological polar surface area (TPSA) is 29.9 Å². The molecular weight excluding hydrogens is 186 g/mol. The molecule has 15 heavy (non-hydrogen) atoms. The third kappa shape index (κ3) is 2.81. The van der Waals surface area contributed by atoms with Crippen LogP contribution < -0.4 is 5.32 Å². The van der Waals surface area contributed by atoms with Gasteiger partial charge in [0.2, 0.25) is 0 Å². The molecule has 1 N–H and O–H groups in total. The van der Waals surface area contributed by atoms with Gasteiger partial charge in [-0.05, 0) is 46.2 Å². The van der Waals surface area contributed by atoms with Crippen molar-refractivity contribution in [3.63, 3.8) is 0 Å². The maximum absolute atomic E-state index is 4.46. The van der Waals surface area contributed by atoms with E-state index in [1.165, 1.54) is 11.3 Å². The van der Waals surface area contributed by atoms with Crippen molar-refractivity contribution in [1.82, 2.24) is 15.1 Å². The fraction of sp³-hybridized carbons (Fsp3) is 0.750. The number of nitrogens with one attached hydrogen (secondary N) is 1. The van der Waals surface area contributed by atoms with Crippen molar-refractivity contribution in [2.75, 3.05) is 7.05 Å². The van der Waals surface area contributed by atoms with Gasteiger partial charge in [0.1, 0.15) is 0 Å². The summed E-state index contributed by atoms with van der Waals surface area (Å²) >= 11 is 0. The summed E-state index contributed by atoms with van der Waals surface area (Å²) in [6.45, 7) is 8.75. The molecule has 0 aliphatic rings. The van der Waals surface area contributed by atoms with Crippen molar-refractivity contribution in [3.8, 4) is 0 Å². The molecule has 1 aromatic rings. The lowest BCUT2D eigenvalue weighted by Crippen LogP contribution is -2.24. The van der Waals surface area contributed by atoms with Crippen molar-refractivity contribution < 1.29 is 0 Å². The van der Waals surface area contributed by atoms with E-state index in [1.807, 2.05) is 13.2 Å². The minimum absolute atomic E-state index is 0.457. The fourth-order valence-electron chi connectivity index (χ4n) is 1.86. The first-order chi connectivity index (χ1) is 7.10. The SMILES string of the molecule is CCc1c(CC(C)NC)cnn1C(C)C. The van der Waals surface area contributed by atoms with Gasteiger partial charge in [0, 0.05) is 17.8 Å². The first-order valence-electron chi connectivity index (χ1n) is 5.82. The van der Waals surface area contributed by atoms with Gasteiger partial charge in [-0.2, -0.15) is 5.10 Å². The van der Waals surface area contributed by atoms with Crippen LogP contribution in [0.3, 0.4) is 0 Å². The van der Waals surface area contributed by atoms with Crippen LogP contribution in [0.25, 0.3) is 0 Å². The van der Waals surface area contributed by atoms with Crippen LogP contribution in [0.15, 0.2) is 6.20 Å². The van der Waals surface area contributed by atoms with Crippen LogP contribution in [0.1, 0.15) is 45.0 Å². The molecule has 86 valence electrons. The number of rotatable bonds is 5. The Balaban J connectivity index is 2.89. The third-order valence-electron chi connectivity index (χ3n) is 2.83. The Labute approximate surface area is 92.9 Å². The zero-order chi connectivity index (χ0) is 11.4. The molecule has 0 saturated heterocycles. The van der Waals surface area contributed by atoms with Gasteiger partial charge in [0.05, 0.1) is 6.20 Å². The van der Waals surface area contributed by atoms with E-state index in [2.05, 4.69) is 42.8 Å². The van der Waals surface area contributed by atoms with Gasteiger partial charge >= 0.3 is 0 Å². The summed E-state index contributed by atoms with van der Waals surface area (Å²) in [4.78, 5) is 0. The predicted octanol–water partition coefficient (Wildman–Crippen LogP) is 2.18. The van der Waals surface area contributed by atoms with E-state index in [1.54, 1.807) is 0 Å². The maximum Gasteiger partial charge on any atom is 0.0525 e. The maximum atomic E-state index is 4.46. The van der Waals surface area contributed by atoms with Crippen LogP contribution in [0.5, 0.6) is 0 Å². The number of nitrogens with zero attached hydrogens (tertiary/aromatic N) is 2. The van der Waals surface area contributed by atoms with Gasteiger partial charge < -0.3 is 5.32 Å². The van der Waals surface area contributed by atoms with Crippen LogP contribution in [0.4, 0.5) is 0 Å². The zero-order valence-electron chi connectivity index (χ0n) is 10.5. The third-order valence-corrected chi connectivity index (χ3v) is 2.83. The first-order valence-corrected chi connectivity index (χ1v) is 5.82. The molecule has 1 atom stereocenters. The molecular formula is C12H23N3. The van der Waals surface area contributed by atoms with E-state index in [4.69, 9.17) is 0 Å². The molecule has 0 radical (unpaired) electrons. The molecule has 1 rings (SSSR count). The standard InChI is InChI=1S/C12H23N3/c1-6-12-11(7-10(4)13-5)8-14-15(12)9(2)3/h8-10,13H,6-7H2,1-5H3. The zero-order valence-corrected chi connectivity index (χ0v) is 10.5. The molecule has 0 saturated carbocycles. The van der Waals surface area contributed by atoms with Crippen molar-refractivity contribution in [3.05, 3.63) is 17.5 Å². The highest BCUT2D eigenvalue weighted by Crippen LogP contribution is 2.16. The second-order valence-electron chi connectivity index (χ2n) is 4.40. The second-order valence-corrected chi connectivity index (χ2v) is 4.40. The minimum Gasteiger partial charge on any atom is -0.317 e. The second kappa shape index (κ2) is 5.31. The van der Waals surface area contributed by atoms with E-state index in [0.717, 1.165) is 12.8 Å². The van der Waals surface area contributed by atoms with E-state index >= 15 is 0 Å². The molecule has 3 nitrogen and oxygen atoms in total. The van der Waals surface area contributed by atoms with Gasteiger partial charge in [-0.15, -0.1) is 0 Å². The van der Waals surface area contributed by atoms with Crippen LogP contribution in [-0.4, -0.2) is 22.9 Å². The van der Waals surface area contributed by atoms with Crippen LogP contribution in [-0.2, 0) is 12.8 Å². The molecule has 0 fully saturated rings. The quantitative estimate of drug-likeness (QED) is 0.805. The number of likely N-dealkylation sites (N-methyl/N-ethyl adjacent to an activating group) is 1. The lowest BCUT2D eigenvalue weighted by molar-refractivity contribution is 0.509. The molecule has 0 spiro atoms. The highest BCUT2D eigenvalue weighted by atomic mass is 15.3. The molecule has 1 heterocycles. The summed E-state index contributed by atoms with van der Waals surface area (Å²) in [5, 5.41) is 7.73. The fourth-order valence-corrected chi connectivity index (χ4v) is 1.86. The van der Waals surface area contributed by atoms with E-state index in [9.17, 15) is 0 Å². The highest BCUT2D eigenvalue weighted by Gasteiger charge is 2.12. The summed E-state index contributed by atoms with van der Waals surface area (Å²) in [5.41, 5.74) is 2.76. The number of hydrogen-bond acceptors (Lipinski definition) is 2. The summed E-state index contributed by atoms with van der Waals surface area (Å²) < 4.78 is 2.14. The highest BCUT2D eigenvalue weighted by molar-refractivity contribution is 5.19. The summed E-state index contributed by atoms with van der Waals surface area (Å²) in [7, 11) is 2.00. The Bertz CT molecular complexity index is 302. The van der Waals surface area contributed by atoms with Gasteiger partial charge in [0.25, 0.3) is 0 Å². The lowest BCUT2D eigenvalue weighted by atomic mass is 10.1. The van der Waals surface area contributed by atoms with Crippen molar-refractivity contribution in [2.24, 2.45) is 0 Å². The Hall–Kier alpha value is -0.830. The Morgan fingerprint density at radius 3 is 2.53 bits per heavy atom. The van der Waals surface area contributed by atoms with Gasteiger partial charge in [-0.25, -0.2) is 0 Å². The molecule has 0 aliphatic heterocycles. The minimum atomic E-state index is 0.457. The van der Waals surface area contributed by atoms with E-state index in [0.29, 0.717) is 12.1 Å². The average Bonchev–Trinajstić information content (AvgIpc) is 2.60. The van der Waals surface area contributed by atoms with Crippen LogP contribution >= 0.6 is 0 Å². The van der Waals surface area contributed by atoms with Crippen molar-refractivity contribution >= 4 is 0 Å². The smallest absolute Gasteiger partial charge is 0.0525 e. The largest absolute Gasteiger partial charge is 0.317 e. The molecule has 0 bridgehead atoms. The molecule has 0 amide bonds. The molecule has 3 heteroatoms. The van der Waals surface area contributed by atoms with Crippen molar-refractivity contribution in [2.45, 2.75) is 52.6 Å². The molecule has 1 unspecified atom stereocenters. The molecule has 1 aromatic heterocycles. The summed E-state index contributed by atoms with van der Waals surface area (Å²) in [6, 6.07) is 0.971.